The third-order valence-electron chi connectivity index (χ3n) is 5.42. The van der Waals surface area contributed by atoms with Crippen LogP contribution in [0.25, 0.3) is 17.0 Å². The number of hydrogen-bond donors (Lipinski definition) is 1. The van der Waals surface area contributed by atoms with Crippen LogP contribution in [0, 0.1) is 0 Å². The zero-order valence-corrected chi connectivity index (χ0v) is 21.5. The summed E-state index contributed by atoms with van der Waals surface area (Å²) in [7, 11) is 2.46. The van der Waals surface area contributed by atoms with Gasteiger partial charge in [-0.05, 0) is 48.5 Å². The van der Waals surface area contributed by atoms with E-state index in [1.54, 1.807) is 44.6 Å². The van der Waals surface area contributed by atoms with Crippen LogP contribution in [0.3, 0.4) is 0 Å². The van der Waals surface area contributed by atoms with Crippen LogP contribution in [0.15, 0.2) is 59.5 Å². The molecule has 37 heavy (non-hydrogen) atoms. The molecule has 0 spiro atoms. The molecule has 0 aliphatic carbocycles. The van der Waals surface area contributed by atoms with Crippen molar-refractivity contribution in [2.45, 2.75) is 4.90 Å². The number of methoxy groups -OCH3 is 2. The van der Waals surface area contributed by atoms with E-state index in [0.29, 0.717) is 40.0 Å². The van der Waals surface area contributed by atoms with Crippen LogP contribution in [0.2, 0.25) is 0 Å². The van der Waals surface area contributed by atoms with Gasteiger partial charge in [0.05, 0.1) is 31.2 Å². The van der Waals surface area contributed by atoms with Crippen molar-refractivity contribution in [2.75, 3.05) is 41.5 Å². The van der Waals surface area contributed by atoms with Crippen molar-refractivity contribution in [1.29, 1.82) is 0 Å². The van der Waals surface area contributed by atoms with Crippen molar-refractivity contribution in [3.05, 3.63) is 60.2 Å². The molecule has 2 heterocycles. The van der Waals surface area contributed by atoms with Crippen LogP contribution in [0.1, 0.15) is 10.4 Å². The number of nitrogens with one attached hydrogen (secondary N) is 1. The average Bonchev–Trinajstić information content (AvgIpc) is 3.33. The van der Waals surface area contributed by atoms with E-state index in [0.717, 1.165) is 4.31 Å². The minimum Gasteiger partial charge on any atom is -0.497 e. The predicted molar refractivity (Wildman–Crippen MR) is 134 cm³/mol. The molecule has 1 amide bonds. The molecule has 0 radical (unpaired) electrons. The number of sulfonamides is 1. The van der Waals surface area contributed by atoms with Gasteiger partial charge >= 0.3 is 0 Å². The molecule has 194 valence electrons. The van der Waals surface area contributed by atoms with Crippen LogP contribution in [-0.4, -0.2) is 79.9 Å². The maximum atomic E-state index is 12.4. The first-order chi connectivity index (χ1) is 17.7. The monoisotopic (exact) mass is 526 g/mol. The summed E-state index contributed by atoms with van der Waals surface area (Å²) in [4.78, 5) is 12.5. The lowest BCUT2D eigenvalue weighted by Gasteiger charge is -2.12. The second kappa shape index (κ2) is 10.8. The highest BCUT2D eigenvalue weighted by Crippen LogP contribution is 2.32. The van der Waals surface area contributed by atoms with E-state index in [4.69, 9.17) is 14.2 Å². The summed E-state index contributed by atoms with van der Waals surface area (Å²) in [6.45, 7) is 0.353. The fraction of sp³-hybridized carbons (Fsp3) is 0.250. The summed E-state index contributed by atoms with van der Waals surface area (Å²) >= 11 is 0. The molecule has 0 saturated carbocycles. The van der Waals surface area contributed by atoms with E-state index in [2.05, 4.69) is 20.6 Å². The number of carbonyl (C=O) groups is 1. The number of hydrogen-bond acceptors (Lipinski definition) is 9. The van der Waals surface area contributed by atoms with Gasteiger partial charge in [-0.25, -0.2) is 12.7 Å². The maximum Gasteiger partial charge on any atom is 0.251 e. The number of ether oxygens (including phenoxy) is 3. The van der Waals surface area contributed by atoms with Gasteiger partial charge < -0.3 is 19.5 Å². The van der Waals surface area contributed by atoms with Crippen molar-refractivity contribution >= 4 is 21.6 Å². The number of rotatable bonds is 10. The van der Waals surface area contributed by atoms with Crippen molar-refractivity contribution in [3.63, 3.8) is 0 Å². The Morgan fingerprint density at radius 1 is 1.00 bits per heavy atom. The molecule has 0 atom stereocenters. The maximum absolute atomic E-state index is 12.4. The molecule has 0 saturated heterocycles. The number of nitrogens with zero attached hydrogens (tertiary/aromatic N) is 5. The quantitative estimate of drug-likeness (QED) is 0.307. The summed E-state index contributed by atoms with van der Waals surface area (Å²) in [5, 5.41) is 15.6. The molecular formula is C24H26N6O6S. The number of fused-ring (bicyclic) bond motifs is 1. The largest absolute Gasteiger partial charge is 0.497 e. The Bertz CT molecular complexity index is 1520. The summed E-state index contributed by atoms with van der Waals surface area (Å²) < 4.78 is 43.5. The Morgan fingerprint density at radius 2 is 1.76 bits per heavy atom. The number of carbonyl (C=O) groups excluding carboxylic acids is 1. The molecule has 2 aromatic carbocycles. The first-order valence-corrected chi connectivity index (χ1v) is 12.6. The first-order valence-electron chi connectivity index (χ1n) is 11.1. The van der Waals surface area contributed by atoms with E-state index >= 15 is 0 Å². The lowest BCUT2D eigenvalue weighted by atomic mass is 10.2. The molecule has 0 bridgehead atoms. The number of benzene rings is 2. The Hall–Kier alpha value is -4.23. The van der Waals surface area contributed by atoms with Gasteiger partial charge in [0.1, 0.15) is 18.1 Å². The second-order valence-electron chi connectivity index (χ2n) is 7.95. The van der Waals surface area contributed by atoms with Gasteiger partial charge in [-0.1, -0.05) is 0 Å². The van der Waals surface area contributed by atoms with Crippen LogP contribution in [0.4, 0.5) is 0 Å². The molecule has 1 N–H and O–H groups in total. The molecule has 13 heteroatoms. The molecule has 4 aromatic rings. The highest BCUT2D eigenvalue weighted by atomic mass is 32.2. The van der Waals surface area contributed by atoms with Gasteiger partial charge in [-0.2, -0.15) is 4.52 Å². The fourth-order valence-corrected chi connectivity index (χ4v) is 4.32. The van der Waals surface area contributed by atoms with Crippen molar-refractivity contribution in [3.8, 4) is 28.8 Å². The third kappa shape index (κ3) is 5.47. The summed E-state index contributed by atoms with van der Waals surface area (Å²) in [5.74, 6) is 1.61. The molecule has 0 aliphatic rings. The van der Waals surface area contributed by atoms with Crippen molar-refractivity contribution < 1.29 is 27.4 Å². The lowest BCUT2D eigenvalue weighted by molar-refractivity contribution is 0.0946. The second-order valence-corrected chi connectivity index (χ2v) is 10.1. The van der Waals surface area contributed by atoms with Crippen LogP contribution < -0.4 is 19.5 Å². The Kier molecular flexibility index (Phi) is 7.55. The Morgan fingerprint density at radius 3 is 2.43 bits per heavy atom. The molecule has 4 rings (SSSR count). The molecule has 0 aliphatic heterocycles. The smallest absolute Gasteiger partial charge is 0.251 e. The topological polar surface area (TPSA) is 137 Å². The highest BCUT2D eigenvalue weighted by molar-refractivity contribution is 7.89. The van der Waals surface area contributed by atoms with Gasteiger partial charge in [0.15, 0.2) is 11.5 Å². The van der Waals surface area contributed by atoms with Gasteiger partial charge in [-0.15, -0.1) is 15.3 Å². The van der Waals surface area contributed by atoms with E-state index < -0.39 is 10.0 Å². The average molecular weight is 527 g/mol. The van der Waals surface area contributed by atoms with E-state index in [1.807, 2.05) is 0 Å². The minimum atomic E-state index is -3.56. The zero-order chi connectivity index (χ0) is 26.6. The predicted octanol–water partition coefficient (Wildman–Crippen LogP) is 1.87. The van der Waals surface area contributed by atoms with Crippen LogP contribution in [-0.2, 0) is 10.0 Å². The molecular weight excluding hydrogens is 500 g/mol. The van der Waals surface area contributed by atoms with E-state index in [-0.39, 0.29) is 24.0 Å². The molecule has 12 nitrogen and oxygen atoms in total. The Balaban J connectivity index is 1.40. The van der Waals surface area contributed by atoms with Gasteiger partial charge in [-0.3, -0.25) is 4.79 Å². The third-order valence-corrected chi connectivity index (χ3v) is 7.25. The minimum absolute atomic E-state index is 0.110. The van der Waals surface area contributed by atoms with E-state index in [9.17, 15) is 13.2 Å². The first kappa shape index (κ1) is 25.9. The molecule has 0 fully saturated rings. The Labute approximate surface area is 213 Å². The number of amides is 1. The lowest BCUT2D eigenvalue weighted by Crippen LogP contribution is -2.28. The fourth-order valence-electron chi connectivity index (χ4n) is 3.42. The van der Waals surface area contributed by atoms with E-state index in [1.165, 1.54) is 42.9 Å². The van der Waals surface area contributed by atoms with Gasteiger partial charge in [0, 0.05) is 25.7 Å². The zero-order valence-electron chi connectivity index (χ0n) is 20.7. The normalized spacial score (nSPS) is 11.5. The summed E-state index contributed by atoms with van der Waals surface area (Å²) in [6.07, 6.45) is 0. The van der Waals surface area contributed by atoms with Crippen molar-refractivity contribution in [2.24, 2.45) is 0 Å². The van der Waals surface area contributed by atoms with Gasteiger partial charge in [0.2, 0.25) is 15.9 Å². The standard InChI is InChI=1S/C24H26N6O6S/c1-29(2)37(32,33)18-8-5-16(6-9-18)24(31)25-13-14-36-22-12-11-21-26-27-23(30(21)28-22)19-15-17(34-3)7-10-20(19)35-4/h5-12,15H,13-14H2,1-4H3,(H,25,31). The highest BCUT2D eigenvalue weighted by Gasteiger charge is 2.18. The molecule has 0 unspecified atom stereocenters. The van der Waals surface area contributed by atoms with Crippen LogP contribution >= 0.6 is 0 Å². The summed E-state index contributed by atoms with van der Waals surface area (Å²) in [6, 6.07) is 14.4. The van der Waals surface area contributed by atoms with Gasteiger partial charge in [0.25, 0.3) is 5.91 Å². The molecule has 2 aromatic heterocycles. The summed E-state index contributed by atoms with van der Waals surface area (Å²) in [5.41, 5.74) is 1.49. The van der Waals surface area contributed by atoms with Crippen LogP contribution in [0.5, 0.6) is 17.4 Å². The number of aromatic nitrogens is 4. The SMILES string of the molecule is COc1ccc(OC)c(-c2nnc3ccc(OCCNC(=O)c4ccc(S(=O)(=O)N(C)C)cc4)nn23)c1. The van der Waals surface area contributed by atoms with Crippen molar-refractivity contribution in [1.82, 2.24) is 29.4 Å².